The first-order chi connectivity index (χ1) is 12.6. The van der Waals surface area contributed by atoms with Crippen molar-refractivity contribution in [1.82, 2.24) is 0 Å². The number of ether oxygens (including phenoxy) is 2. The highest BCUT2D eigenvalue weighted by Gasteiger charge is 2.62. The molecule has 0 aromatic rings. The predicted octanol–water partition coefficient (Wildman–Crippen LogP) is 1.24. The van der Waals surface area contributed by atoms with Crippen LogP contribution in [0.2, 0.25) is 0 Å². The molecule has 0 radical (unpaired) electrons. The summed E-state index contributed by atoms with van der Waals surface area (Å²) in [5.74, 6) is -3.82. The van der Waals surface area contributed by atoms with Crippen molar-refractivity contribution in [3.8, 4) is 0 Å². The van der Waals surface area contributed by atoms with E-state index in [-0.39, 0.29) is 17.6 Å². The van der Waals surface area contributed by atoms with Crippen LogP contribution in [-0.4, -0.2) is 51.8 Å². The van der Waals surface area contributed by atoms with Crippen molar-refractivity contribution in [1.29, 1.82) is 0 Å². The number of aliphatic hydroxyl groups is 2. The lowest BCUT2D eigenvalue weighted by Gasteiger charge is -2.39. The third-order valence-corrected chi connectivity index (χ3v) is 5.55. The minimum Gasteiger partial charge on any atom is -0.454 e. The highest BCUT2D eigenvalue weighted by atomic mass is 16.6. The number of hydrogen-bond donors (Lipinski definition) is 2. The van der Waals surface area contributed by atoms with Gasteiger partial charge in [-0.2, -0.15) is 0 Å². The van der Waals surface area contributed by atoms with Crippen LogP contribution in [0.1, 0.15) is 34.1 Å². The number of aliphatic hydroxyl groups excluding tert-OH is 1. The average molecular weight is 378 g/mol. The lowest BCUT2D eigenvalue weighted by atomic mass is 9.77. The lowest BCUT2D eigenvalue weighted by Crippen LogP contribution is -2.61. The first-order valence-electron chi connectivity index (χ1n) is 8.90. The van der Waals surface area contributed by atoms with E-state index in [1.165, 1.54) is 26.0 Å². The maximum atomic E-state index is 12.8. The van der Waals surface area contributed by atoms with Crippen molar-refractivity contribution >= 4 is 17.7 Å². The van der Waals surface area contributed by atoms with Crippen LogP contribution in [0.4, 0.5) is 0 Å². The highest BCUT2D eigenvalue weighted by Crippen LogP contribution is 2.45. The van der Waals surface area contributed by atoms with Gasteiger partial charge in [-0.25, -0.2) is 9.59 Å². The average Bonchev–Trinajstić information content (AvgIpc) is 2.87. The van der Waals surface area contributed by atoms with Gasteiger partial charge in [-0.05, 0) is 33.3 Å². The molecule has 0 bridgehead atoms. The van der Waals surface area contributed by atoms with E-state index in [2.05, 4.69) is 6.58 Å². The zero-order valence-electron chi connectivity index (χ0n) is 16.0. The molecule has 6 atom stereocenters. The van der Waals surface area contributed by atoms with Gasteiger partial charge in [0, 0.05) is 23.0 Å². The molecule has 148 valence electrons. The van der Waals surface area contributed by atoms with E-state index in [9.17, 15) is 24.6 Å². The van der Waals surface area contributed by atoms with Crippen molar-refractivity contribution in [3.63, 3.8) is 0 Å². The molecule has 0 unspecified atom stereocenters. The van der Waals surface area contributed by atoms with Gasteiger partial charge in [0.1, 0.15) is 6.10 Å². The highest BCUT2D eigenvalue weighted by molar-refractivity contribution is 5.99. The minimum atomic E-state index is -2.26. The summed E-state index contributed by atoms with van der Waals surface area (Å²) >= 11 is 0. The van der Waals surface area contributed by atoms with Gasteiger partial charge in [0.25, 0.3) is 0 Å². The number of allylic oxidation sites excluding steroid dienone is 2. The molecule has 2 fully saturated rings. The van der Waals surface area contributed by atoms with Crippen LogP contribution in [0.25, 0.3) is 0 Å². The quantitative estimate of drug-likeness (QED) is 0.559. The summed E-state index contributed by atoms with van der Waals surface area (Å²) in [5, 5.41) is 22.0. The molecule has 7 nitrogen and oxygen atoms in total. The molecular formula is C20H26O7. The van der Waals surface area contributed by atoms with Crippen molar-refractivity contribution in [2.45, 2.75) is 58.0 Å². The van der Waals surface area contributed by atoms with Crippen molar-refractivity contribution in [2.75, 3.05) is 0 Å². The Kier molecular flexibility index (Phi) is 6.07. The number of carbonyl (C=O) groups excluding carboxylic acids is 3. The van der Waals surface area contributed by atoms with Crippen LogP contribution in [-0.2, 0) is 23.9 Å². The first-order valence-corrected chi connectivity index (χ1v) is 8.90. The van der Waals surface area contributed by atoms with E-state index in [1.807, 2.05) is 0 Å². The third kappa shape index (κ3) is 3.49. The number of hydrogen-bond acceptors (Lipinski definition) is 7. The molecule has 1 aliphatic heterocycles. The molecule has 1 aliphatic carbocycles. The first kappa shape index (κ1) is 21.1. The topological polar surface area (TPSA) is 110 Å². The molecule has 2 rings (SSSR count). The molecule has 1 heterocycles. The molecule has 0 spiro atoms. The van der Waals surface area contributed by atoms with Gasteiger partial charge in [-0.1, -0.05) is 25.7 Å². The van der Waals surface area contributed by atoms with Gasteiger partial charge in [0.15, 0.2) is 17.5 Å². The number of esters is 2. The van der Waals surface area contributed by atoms with Gasteiger partial charge in [0.05, 0.1) is 6.10 Å². The molecule has 0 aromatic carbocycles. The lowest BCUT2D eigenvalue weighted by molar-refractivity contribution is -0.195. The second kappa shape index (κ2) is 7.78. The van der Waals surface area contributed by atoms with Crippen LogP contribution in [0.3, 0.4) is 0 Å². The molecule has 0 amide bonds. The summed E-state index contributed by atoms with van der Waals surface area (Å²) in [6, 6.07) is 0. The molecule has 2 aliphatic rings. The molecule has 1 saturated heterocycles. The fourth-order valence-corrected chi connectivity index (χ4v) is 3.58. The van der Waals surface area contributed by atoms with Gasteiger partial charge in [0.2, 0.25) is 0 Å². The fraction of sp³-hybridized carbons (Fsp3) is 0.550. The molecule has 1 saturated carbocycles. The molecule has 0 aromatic heterocycles. The Labute approximate surface area is 158 Å². The second-order valence-electron chi connectivity index (χ2n) is 7.08. The third-order valence-electron chi connectivity index (χ3n) is 5.55. The Morgan fingerprint density at radius 1 is 1.37 bits per heavy atom. The second-order valence-corrected chi connectivity index (χ2v) is 7.08. The largest absolute Gasteiger partial charge is 0.454 e. The molecular weight excluding hydrogens is 352 g/mol. The smallest absolute Gasteiger partial charge is 0.334 e. The van der Waals surface area contributed by atoms with Crippen LogP contribution >= 0.6 is 0 Å². The summed E-state index contributed by atoms with van der Waals surface area (Å²) in [6.45, 7) is 9.97. The van der Waals surface area contributed by atoms with Crippen molar-refractivity contribution in [3.05, 3.63) is 36.0 Å². The molecule has 27 heavy (non-hydrogen) atoms. The summed E-state index contributed by atoms with van der Waals surface area (Å²) in [5.41, 5.74) is -1.87. The van der Waals surface area contributed by atoms with Crippen LogP contribution < -0.4 is 0 Å². The van der Waals surface area contributed by atoms with E-state index >= 15 is 0 Å². The standard InChI is InChI=1S/C20H26O7/c1-6-8-15(22)20(25)12(5)14(21)9-13-11(4)19(24)26-16(13)17(20)27-18(23)10(3)7-2/h6-8,12-14,16-17,21,25H,4,9H2,1-3,5H3/b8-6-,10-7?/t12-,13+,14+,16+,17-,20+/m0/s1. The van der Waals surface area contributed by atoms with Gasteiger partial charge in [-0.3, -0.25) is 4.79 Å². The van der Waals surface area contributed by atoms with Gasteiger partial charge >= 0.3 is 11.9 Å². The van der Waals surface area contributed by atoms with Crippen LogP contribution in [0.5, 0.6) is 0 Å². The van der Waals surface area contributed by atoms with Crippen molar-refractivity contribution in [2.24, 2.45) is 11.8 Å². The number of carbonyl (C=O) groups is 3. The summed E-state index contributed by atoms with van der Waals surface area (Å²) in [4.78, 5) is 37.2. The Morgan fingerprint density at radius 2 is 2.00 bits per heavy atom. The summed E-state index contributed by atoms with van der Waals surface area (Å²) in [6.07, 6.45) is 0.450. The van der Waals surface area contributed by atoms with E-state index in [0.29, 0.717) is 0 Å². The number of ketones is 1. The summed E-state index contributed by atoms with van der Waals surface area (Å²) < 4.78 is 10.8. The Hall–Kier alpha value is -2.25. The van der Waals surface area contributed by atoms with Gasteiger partial charge in [-0.15, -0.1) is 0 Å². The van der Waals surface area contributed by atoms with E-state index in [4.69, 9.17) is 9.47 Å². The van der Waals surface area contributed by atoms with E-state index < -0.39 is 53.5 Å². The fourth-order valence-electron chi connectivity index (χ4n) is 3.58. The Morgan fingerprint density at radius 3 is 2.56 bits per heavy atom. The molecule has 7 heteroatoms. The predicted molar refractivity (Wildman–Crippen MR) is 96.4 cm³/mol. The Balaban J connectivity index is 2.61. The van der Waals surface area contributed by atoms with Gasteiger partial charge < -0.3 is 19.7 Å². The summed E-state index contributed by atoms with van der Waals surface area (Å²) in [7, 11) is 0. The number of rotatable bonds is 4. The molecule has 2 N–H and O–H groups in total. The Bertz CT molecular complexity index is 720. The maximum absolute atomic E-state index is 12.8. The maximum Gasteiger partial charge on any atom is 0.334 e. The van der Waals surface area contributed by atoms with Crippen molar-refractivity contribution < 1.29 is 34.1 Å². The number of fused-ring (bicyclic) bond motifs is 1. The zero-order chi connectivity index (χ0) is 20.5. The minimum absolute atomic E-state index is 0.0541. The van der Waals surface area contributed by atoms with Crippen LogP contribution in [0, 0.1) is 11.8 Å². The monoisotopic (exact) mass is 378 g/mol. The zero-order valence-corrected chi connectivity index (χ0v) is 16.0. The van der Waals surface area contributed by atoms with Crippen LogP contribution in [0.15, 0.2) is 36.0 Å². The SMILES string of the molecule is C=C1C(=O)O[C@@H]2[C@@H]1C[C@@H](O)[C@H](C)[C@@](O)(C(=O)/C=C\C)[C@H]2OC(=O)C(C)=CC. The normalized spacial score (nSPS) is 37.0. The van der Waals surface area contributed by atoms with E-state index in [0.717, 1.165) is 6.08 Å². The van der Waals surface area contributed by atoms with E-state index in [1.54, 1.807) is 13.8 Å².